The van der Waals surface area contributed by atoms with Gasteiger partial charge in [0.25, 0.3) is 11.8 Å². The average molecular weight is 430 g/mol. The summed E-state index contributed by atoms with van der Waals surface area (Å²) < 4.78 is 10.4. The molecule has 0 atom stereocenters. The third-order valence-corrected chi connectivity index (χ3v) is 4.00. The van der Waals surface area contributed by atoms with Gasteiger partial charge in [0.2, 0.25) is 0 Å². The van der Waals surface area contributed by atoms with Crippen molar-refractivity contribution in [2.45, 2.75) is 26.3 Å². The molecule has 0 heterocycles. The maximum Gasteiger partial charge on any atom is 0.257 e. The van der Waals surface area contributed by atoms with Crippen LogP contribution in [0, 0.1) is 0 Å². The van der Waals surface area contributed by atoms with E-state index < -0.39 is 0 Å². The van der Waals surface area contributed by atoms with E-state index in [1.807, 2.05) is 20.8 Å². The second-order valence-electron chi connectivity index (χ2n) is 7.56. The molecule has 0 saturated carbocycles. The molecule has 160 valence electrons. The summed E-state index contributed by atoms with van der Waals surface area (Å²) in [6.07, 6.45) is 0. The predicted octanol–water partition coefficient (Wildman–Crippen LogP) is 3.37. The molecule has 7 nitrogen and oxygen atoms in total. The van der Waals surface area contributed by atoms with E-state index in [2.05, 4.69) is 16.0 Å². The Morgan fingerprint density at radius 3 is 2.03 bits per heavy atom. The van der Waals surface area contributed by atoms with Crippen LogP contribution < -0.4 is 20.7 Å². The highest BCUT2D eigenvalue weighted by Crippen LogP contribution is 2.13. The van der Waals surface area contributed by atoms with E-state index in [0.29, 0.717) is 35.8 Å². The first-order chi connectivity index (χ1) is 14.2. The van der Waals surface area contributed by atoms with Gasteiger partial charge in [0.05, 0.1) is 6.61 Å². The van der Waals surface area contributed by atoms with E-state index in [9.17, 15) is 9.59 Å². The molecule has 2 rings (SSSR count). The van der Waals surface area contributed by atoms with Gasteiger partial charge in [-0.3, -0.25) is 14.9 Å². The number of anilines is 1. The Kier molecular flexibility index (Phi) is 8.32. The van der Waals surface area contributed by atoms with E-state index in [1.165, 1.54) is 0 Å². The molecule has 0 spiro atoms. The fourth-order valence-corrected chi connectivity index (χ4v) is 2.61. The van der Waals surface area contributed by atoms with Crippen molar-refractivity contribution >= 4 is 34.8 Å². The molecular weight excluding hydrogens is 402 g/mol. The van der Waals surface area contributed by atoms with Gasteiger partial charge in [-0.05, 0) is 81.5 Å². The normalized spacial score (nSPS) is 10.8. The first kappa shape index (κ1) is 23.3. The zero-order chi connectivity index (χ0) is 22.1. The first-order valence-corrected chi connectivity index (χ1v) is 9.85. The molecule has 0 aliphatic rings. The van der Waals surface area contributed by atoms with Gasteiger partial charge in [0.1, 0.15) is 12.4 Å². The van der Waals surface area contributed by atoms with Gasteiger partial charge in [-0.2, -0.15) is 0 Å². The predicted molar refractivity (Wildman–Crippen MR) is 121 cm³/mol. The number of ether oxygens (including phenoxy) is 2. The van der Waals surface area contributed by atoms with Crippen molar-refractivity contribution < 1.29 is 19.1 Å². The van der Waals surface area contributed by atoms with Gasteiger partial charge in [0, 0.05) is 29.5 Å². The molecule has 0 bridgehead atoms. The van der Waals surface area contributed by atoms with Crippen molar-refractivity contribution in [3.63, 3.8) is 0 Å². The number of rotatable bonds is 7. The molecule has 2 aromatic carbocycles. The molecule has 0 fully saturated rings. The monoisotopic (exact) mass is 429 g/mol. The van der Waals surface area contributed by atoms with E-state index in [0.717, 1.165) is 0 Å². The standard InChI is InChI=1S/C22H27N3O4S/c1-22(2,3)25-20(27)16-5-9-17(10-6-16)23-21(30)24-19(26)15-7-11-18(12-8-15)29-14-13-28-4/h5-12H,13-14H2,1-4H3,(H,25,27)(H2,23,24,26,30). The zero-order valence-corrected chi connectivity index (χ0v) is 18.4. The summed E-state index contributed by atoms with van der Waals surface area (Å²) >= 11 is 5.20. The van der Waals surface area contributed by atoms with Gasteiger partial charge in [0.15, 0.2) is 5.11 Å². The van der Waals surface area contributed by atoms with Crippen LogP contribution in [-0.4, -0.2) is 42.8 Å². The minimum absolute atomic E-state index is 0.153. The topological polar surface area (TPSA) is 88.7 Å². The summed E-state index contributed by atoms with van der Waals surface area (Å²) in [7, 11) is 1.60. The third kappa shape index (κ3) is 7.81. The van der Waals surface area contributed by atoms with Crippen LogP contribution >= 0.6 is 12.2 Å². The fraction of sp³-hybridized carbons (Fsp3) is 0.318. The van der Waals surface area contributed by atoms with Gasteiger partial charge < -0.3 is 20.1 Å². The quantitative estimate of drug-likeness (QED) is 0.462. The van der Waals surface area contributed by atoms with E-state index in [1.54, 1.807) is 55.6 Å². The maximum atomic E-state index is 12.3. The van der Waals surface area contributed by atoms with Crippen LogP contribution in [0.15, 0.2) is 48.5 Å². The fourth-order valence-electron chi connectivity index (χ4n) is 2.40. The smallest absolute Gasteiger partial charge is 0.257 e. The number of nitrogens with one attached hydrogen (secondary N) is 3. The number of hydrogen-bond donors (Lipinski definition) is 3. The average Bonchev–Trinajstić information content (AvgIpc) is 2.68. The van der Waals surface area contributed by atoms with E-state index in [4.69, 9.17) is 21.7 Å². The molecule has 3 N–H and O–H groups in total. The lowest BCUT2D eigenvalue weighted by atomic mass is 10.1. The maximum absolute atomic E-state index is 12.3. The van der Waals surface area contributed by atoms with Crippen LogP contribution in [0.25, 0.3) is 0 Å². The van der Waals surface area contributed by atoms with Crippen molar-refractivity contribution in [1.29, 1.82) is 0 Å². The lowest BCUT2D eigenvalue weighted by molar-refractivity contribution is 0.0918. The van der Waals surface area contributed by atoms with Crippen LogP contribution in [0.4, 0.5) is 5.69 Å². The summed E-state index contributed by atoms with van der Waals surface area (Å²) in [5.74, 6) is 0.164. The highest BCUT2D eigenvalue weighted by molar-refractivity contribution is 7.80. The molecule has 0 aliphatic carbocycles. The van der Waals surface area contributed by atoms with E-state index in [-0.39, 0.29) is 22.5 Å². The van der Waals surface area contributed by atoms with Crippen LogP contribution in [0.3, 0.4) is 0 Å². The highest BCUT2D eigenvalue weighted by atomic mass is 32.1. The third-order valence-electron chi connectivity index (χ3n) is 3.79. The molecule has 0 saturated heterocycles. The van der Waals surface area contributed by atoms with Gasteiger partial charge >= 0.3 is 0 Å². The van der Waals surface area contributed by atoms with Crippen LogP contribution in [0.1, 0.15) is 41.5 Å². The minimum atomic E-state index is -0.336. The number of carbonyl (C=O) groups excluding carboxylic acids is 2. The number of methoxy groups -OCH3 is 1. The summed E-state index contributed by atoms with van der Waals surface area (Å²) in [5, 5.41) is 8.62. The number of carbonyl (C=O) groups is 2. The molecule has 0 radical (unpaired) electrons. The Hall–Kier alpha value is -2.97. The summed E-state index contributed by atoms with van der Waals surface area (Å²) in [6.45, 7) is 6.69. The molecule has 8 heteroatoms. The summed E-state index contributed by atoms with van der Waals surface area (Å²) in [4.78, 5) is 24.5. The molecule has 0 aromatic heterocycles. The molecular formula is C22H27N3O4S. The SMILES string of the molecule is COCCOc1ccc(C(=O)NC(=S)Nc2ccc(C(=O)NC(C)(C)C)cc2)cc1. The second kappa shape index (κ2) is 10.7. The number of hydrogen-bond acceptors (Lipinski definition) is 5. The van der Waals surface area contributed by atoms with Crippen LogP contribution in [-0.2, 0) is 4.74 Å². The Morgan fingerprint density at radius 1 is 0.900 bits per heavy atom. The number of amides is 2. The number of thiocarbonyl (C=S) groups is 1. The Labute approximate surface area is 182 Å². The molecule has 30 heavy (non-hydrogen) atoms. The van der Waals surface area contributed by atoms with Crippen molar-refractivity contribution in [3.05, 3.63) is 59.7 Å². The van der Waals surface area contributed by atoms with Crippen LogP contribution in [0.5, 0.6) is 5.75 Å². The number of benzene rings is 2. The minimum Gasteiger partial charge on any atom is -0.491 e. The van der Waals surface area contributed by atoms with Crippen molar-refractivity contribution in [1.82, 2.24) is 10.6 Å². The lowest BCUT2D eigenvalue weighted by Gasteiger charge is -2.20. The van der Waals surface area contributed by atoms with Crippen molar-refractivity contribution in [2.75, 3.05) is 25.6 Å². The van der Waals surface area contributed by atoms with Gasteiger partial charge in [-0.15, -0.1) is 0 Å². The Morgan fingerprint density at radius 2 is 1.47 bits per heavy atom. The lowest BCUT2D eigenvalue weighted by Crippen LogP contribution is -2.40. The molecule has 0 aliphatic heterocycles. The van der Waals surface area contributed by atoms with Crippen molar-refractivity contribution in [2.24, 2.45) is 0 Å². The van der Waals surface area contributed by atoms with Gasteiger partial charge in [-0.25, -0.2) is 0 Å². The largest absolute Gasteiger partial charge is 0.491 e. The Bertz CT molecular complexity index is 875. The molecule has 0 unspecified atom stereocenters. The highest BCUT2D eigenvalue weighted by Gasteiger charge is 2.15. The zero-order valence-electron chi connectivity index (χ0n) is 17.6. The van der Waals surface area contributed by atoms with E-state index >= 15 is 0 Å². The van der Waals surface area contributed by atoms with Gasteiger partial charge in [-0.1, -0.05) is 0 Å². The molecule has 2 amide bonds. The van der Waals surface area contributed by atoms with Crippen LogP contribution in [0.2, 0.25) is 0 Å². The Balaban J connectivity index is 1.87. The summed E-state index contributed by atoms with van der Waals surface area (Å²) in [6, 6.07) is 13.6. The molecule has 2 aromatic rings. The second-order valence-corrected chi connectivity index (χ2v) is 7.96. The van der Waals surface area contributed by atoms with Crippen molar-refractivity contribution in [3.8, 4) is 5.75 Å². The first-order valence-electron chi connectivity index (χ1n) is 9.44. The summed E-state index contributed by atoms with van der Waals surface area (Å²) in [5.41, 5.74) is 1.34.